The average Bonchev–Trinajstić information content (AvgIpc) is 2.48. The van der Waals surface area contributed by atoms with E-state index in [4.69, 9.17) is 10.5 Å². The van der Waals surface area contributed by atoms with Gasteiger partial charge < -0.3 is 15.4 Å². The summed E-state index contributed by atoms with van der Waals surface area (Å²) in [6.07, 6.45) is 1.72. The Bertz CT molecular complexity index is 527. The Balaban J connectivity index is 2.20. The molecule has 0 saturated carbocycles. The molecule has 0 aliphatic rings. The van der Waals surface area contributed by atoms with Crippen LogP contribution in [0.2, 0.25) is 0 Å². The third-order valence-corrected chi connectivity index (χ3v) is 2.75. The van der Waals surface area contributed by atoms with E-state index in [1.165, 1.54) is 0 Å². The van der Waals surface area contributed by atoms with Crippen LogP contribution in [0.25, 0.3) is 0 Å². The summed E-state index contributed by atoms with van der Waals surface area (Å²) in [5.74, 6) is 2.32. The lowest BCUT2D eigenvalue weighted by Gasteiger charge is -2.18. The van der Waals surface area contributed by atoms with Crippen molar-refractivity contribution in [3.8, 4) is 5.75 Å². The summed E-state index contributed by atoms with van der Waals surface area (Å²) in [7, 11) is 1.96. The fraction of sp³-hybridized carbons (Fsp3) is 0.286. The Kier molecular flexibility index (Phi) is 4.30. The van der Waals surface area contributed by atoms with Crippen LogP contribution in [0.15, 0.2) is 36.5 Å². The van der Waals surface area contributed by atoms with Gasteiger partial charge in [-0.25, -0.2) is 9.97 Å². The van der Waals surface area contributed by atoms with Gasteiger partial charge in [0.2, 0.25) is 0 Å². The first-order chi connectivity index (χ1) is 9.24. The van der Waals surface area contributed by atoms with Gasteiger partial charge in [-0.3, -0.25) is 0 Å². The number of nitrogens with zero attached hydrogens (tertiary/aromatic N) is 3. The highest BCUT2D eigenvalue weighted by Gasteiger charge is 2.06. The molecule has 5 heteroatoms. The van der Waals surface area contributed by atoms with Crippen LogP contribution < -0.4 is 15.4 Å². The van der Waals surface area contributed by atoms with Crippen molar-refractivity contribution in [3.63, 3.8) is 0 Å². The average molecular weight is 258 g/mol. The lowest BCUT2D eigenvalue weighted by atomic mass is 10.3. The largest absolute Gasteiger partial charge is 0.494 e. The van der Waals surface area contributed by atoms with E-state index in [-0.39, 0.29) is 0 Å². The molecule has 1 aromatic heterocycles. The van der Waals surface area contributed by atoms with Crippen LogP contribution in [-0.2, 0) is 6.54 Å². The number of hydrogen-bond acceptors (Lipinski definition) is 5. The fourth-order valence-electron chi connectivity index (χ4n) is 1.74. The Hall–Kier alpha value is -2.14. The first-order valence-electron chi connectivity index (χ1n) is 6.23. The number of benzene rings is 1. The predicted molar refractivity (Wildman–Crippen MR) is 75.6 cm³/mol. The molecular formula is C14H18N4O. The summed E-state index contributed by atoms with van der Waals surface area (Å²) in [6.45, 7) is 2.97. The van der Waals surface area contributed by atoms with E-state index in [0.29, 0.717) is 19.0 Å². The van der Waals surface area contributed by atoms with Crippen molar-refractivity contribution >= 4 is 11.5 Å². The van der Waals surface area contributed by atoms with E-state index >= 15 is 0 Å². The zero-order valence-electron chi connectivity index (χ0n) is 11.2. The molecule has 0 aliphatic heterocycles. The summed E-state index contributed by atoms with van der Waals surface area (Å²) < 4.78 is 5.42. The third-order valence-electron chi connectivity index (χ3n) is 2.75. The van der Waals surface area contributed by atoms with Gasteiger partial charge in [-0.2, -0.15) is 0 Å². The second-order valence-electron chi connectivity index (χ2n) is 4.02. The maximum atomic E-state index is 5.55. The molecule has 100 valence electrons. The summed E-state index contributed by atoms with van der Waals surface area (Å²) in [5.41, 5.74) is 6.58. The number of hydrogen-bond donors (Lipinski definition) is 1. The van der Waals surface area contributed by atoms with Crippen molar-refractivity contribution in [1.82, 2.24) is 9.97 Å². The van der Waals surface area contributed by atoms with E-state index in [1.54, 1.807) is 6.20 Å². The molecule has 0 saturated heterocycles. The molecule has 19 heavy (non-hydrogen) atoms. The quantitative estimate of drug-likeness (QED) is 0.889. The van der Waals surface area contributed by atoms with Crippen LogP contribution in [0.5, 0.6) is 5.75 Å². The van der Waals surface area contributed by atoms with E-state index < -0.39 is 0 Å². The van der Waals surface area contributed by atoms with Gasteiger partial charge in [0.1, 0.15) is 17.4 Å². The summed E-state index contributed by atoms with van der Waals surface area (Å²) >= 11 is 0. The van der Waals surface area contributed by atoms with E-state index in [2.05, 4.69) is 9.97 Å². The Morgan fingerprint density at radius 3 is 2.58 bits per heavy atom. The van der Waals surface area contributed by atoms with Crippen molar-refractivity contribution < 1.29 is 4.74 Å². The number of nitrogens with two attached hydrogens (primary N) is 1. The first kappa shape index (κ1) is 13.3. The topological polar surface area (TPSA) is 64.3 Å². The van der Waals surface area contributed by atoms with Crippen molar-refractivity contribution in [2.24, 2.45) is 5.73 Å². The Morgan fingerprint density at radius 1 is 1.21 bits per heavy atom. The van der Waals surface area contributed by atoms with Gasteiger partial charge in [-0.1, -0.05) is 0 Å². The normalized spacial score (nSPS) is 10.3. The molecule has 1 aromatic carbocycles. The van der Waals surface area contributed by atoms with Crippen LogP contribution in [0.3, 0.4) is 0 Å². The lowest BCUT2D eigenvalue weighted by Crippen LogP contribution is -2.13. The van der Waals surface area contributed by atoms with Crippen molar-refractivity contribution in [1.29, 1.82) is 0 Å². The number of rotatable bonds is 5. The van der Waals surface area contributed by atoms with Crippen LogP contribution in [0, 0.1) is 0 Å². The summed E-state index contributed by atoms with van der Waals surface area (Å²) in [6, 6.07) is 9.74. The lowest BCUT2D eigenvalue weighted by molar-refractivity contribution is 0.340. The van der Waals surface area contributed by atoms with Gasteiger partial charge in [0.25, 0.3) is 0 Å². The second-order valence-corrected chi connectivity index (χ2v) is 4.02. The molecule has 2 aromatic rings. The minimum atomic E-state index is 0.338. The van der Waals surface area contributed by atoms with E-state index in [1.807, 2.05) is 49.2 Å². The van der Waals surface area contributed by atoms with Crippen molar-refractivity contribution in [3.05, 3.63) is 42.4 Å². The molecule has 1 heterocycles. The van der Waals surface area contributed by atoms with Crippen molar-refractivity contribution in [2.75, 3.05) is 18.6 Å². The maximum Gasteiger partial charge on any atom is 0.144 e. The first-order valence-corrected chi connectivity index (χ1v) is 6.23. The predicted octanol–water partition coefficient (Wildman–Crippen LogP) is 2.10. The smallest absolute Gasteiger partial charge is 0.144 e. The van der Waals surface area contributed by atoms with Gasteiger partial charge in [-0.15, -0.1) is 0 Å². The van der Waals surface area contributed by atoms with Crippen molar-refractivity contribution in [2.45, 2.75) is 13.5 Å². The minimum Gasteiger partial charge on any atom is -0.494 e. The monoisotopic (exact) mass is 258 g/mol. The van der Waals surface area contributed by atoms with Gasteiger partial charge in [0.15, 0.2) is 0 Å². The van der Waals surface area contributed by atoms with Crippen LogP contribution >= 0.6 is 0 Å². The molecule has 0 fully saturated rings. The molecule has 0 spiro atoms. The molecule has 0 unspecified atom stereocenters. The highest BCUT2D eigenvalue weighted by atomic mass is 16.5. The molecule has 0 bridgehead atoms. The standard InChI is InChI=1S/C14H18N4O/c1-3-19-12-6-4-11(5-7-12)18(2)14-8-9-16-13(10-15)17-14/h4-9H,3,10,15H2,1-2H3. The Morgan fingerprint density at radius 2 is 1.95 bits per heavy atom. The molecule has 0 aliphatic carbocycles. The summed E-state index contributed by atoms with van der Waals surface area (Å²) in [5, 5.41) is 0. The molecule has 0 atom stereocenters. The van der Waals surface area contributed by atoms with Crippen LogP contribution in [0.4, 0.5) is 11.5 Å². The number of anilines is 2. The molecular weight excluding hydrogens is 240 g/mol. The fourth-order valence-corrected chi connectivity index (χ4v) is 1.74. The highest BCUT2D eigenvalue weighted by Crippen LogP contribution is 2.23. The van der Waals surface area contributed by atoms with Gasteiger partial charge in [0.05, 0.1) is 13.2 Å². The van der Waals surface area contributed by atoms with Crippen LogP contribution in [0.1, 0.15) is 12.7 Å². The van der Waals surface area contributed by atoms with E-state index in [0.717, 1.165) is 17.3 Å². The molecule has 0 radical (unpaired) electrons. The number of ether oxygens (including phenoxy) is 1. The third kappa shape index (κ3) is 3.20. The molecule has 2 N–H and O–H groups in total. The Labute approximate surface area is 113 Å². The second kappa shape index (κ2) is 6.15. The summed E-state index contributed by atoms with van der Waals surface area (Å²) in [4.78, 5) is 10.5. The molecule has 2 rings (SSSR count). The van der Waals surface area contributed by atoms with Gasteiger partial charge in [0, 0.05) is 18.9 Å². The van der Waals surface area contributed by atoms with Crippen LogP contribution in [-0.4, -0.2) is 23.6 Å². The molecule has 0 amide bonds. The zero-order valence-corrected chi connectivity index (χ0v) is 11.2. The van der Waals surface area contributed by atoms with Gasteiger partial charge >= 0.3 is 0 Å². The highest BCUT2D eigenvalue weighted by molar-refractivity contribution is 5.59. The SMILES string of the molecule is CCOc1ccc(N(C)c2ccnc(CN)n2)cc1. The minimum absolute atomic E-state index is 0.338. The van der Waals surface area contributed by atoms with E-state index in [9.17, 15) is 0 Å². The molecule has 5 nitrogen and oxygen atoms in total. The number of aromatic nitrogens is 2. The maximum absolute atomic E-state index is 5.55. The van der Waals surface area contributed by atoms with Gasteiger partial charge in [-0.05, 0) is 37.3 Å². The zero-order chi connectivity index (χ0) is 13.7.